The van der Waals surface area contributed by atoms with Crippen molar-refractivity contribution in [3.05, 3.63) is 150 Å². The van der Waals surface area contributed by atoms with Crippen molar-refractivity contribution in [2.45, 2.75) is 6.04 Å². The zero-order valence-electron chi connectivity index (χ0n) is 19.4. The van der Waals surface area contributed by atoms with Gasteiger partial charge in [-0.25, -0.2) is 0 Å². The van der Waals surface area contributed by atoms with Crippen LogP contribution in [-0.2, 0) is 4.79 Å². The highest BCUT2D eigenvalue weighted by Gasteiger charge is 2.17. The summed E-state index contributed by atoms with van der Waals surface area (Å²) in [7, 11) is 0. The number of carboxylic acids is 1. The summed E-state index contributed by atoms with van der Waals surface area (Å²) >= 11 is 0. The van der Waals surface area contributed by atoms with Crippen LogP contribution in [0.15, 0.2) is 128 Å². The molecule has 4 N–H and O–H groups in total. The molecule has 4 aromatic rings. The van der Waals surface area contributed by atoms with Crippen molar-refractivity contribution >= 4 is 22.7 Å². The van der Waals surface area contributed by atoms with Gasteiger partial charge in [-0.1, -0.05) is 128 Å². The second-order valence-electron chi connectivity index (χ2n) is 7.82. The molecule has 4 aromatic carbocycles. The maximum Gasteiger partial charge on any atom is 0.322 e. The van der Waals surface area contributed by atoms with E-state index in [1.54, 1.807) is 0 Å². The maximum absolute atomic E-state index is 9.65. The van der Waals surface area contributed by atoms with Gasteiger partial charge in [0.15, 0.2) is 0 Å². The van der Waals surface area contributed by atoms with Crippen LogP contribution in [-0.4, -0.2) is 28.8 Å². The number of allylic oxidation sites excluding steroid dienone is 2. The smallest absolute Gasteiger partial charge is 0.322 e. The first-order valence-electron chi connectivity index (χ1n) is 11.3. The molecule has 176 valence electrons. The topological polar surface area (TPSA) is 83.5 Å². The molecule has 0 saturated carbocycles. The summed E-state index contributed by atoms with van der Waals surface area (Å²) < 4.78 is 0. The van der Waals surface area contributed by atoms with Gasteiger partial charge in [0.05, 0.1) is 6.61 Å². The van der Waals surface area contributed by atoms with Crippen LogP contribution in [0, 0.1) is 0 Å². The molecule has 0 aromatic heterocycles. The van der Waals surface area contributed by atoms with E-state index in [-0.39, 0.29) is 0 Å². The molecular formula is C31H29NO3. The van der Waals surface area contributed by atoms with Crippen molar-refractivity contribution < 1.29 is 15.0 Å². The first-order valence-corrected chi connectivity index (χ1v) is 11.3. The fraction of sp³-hybridized carbons (Fsp3) is 0.0645. The Hall–Kier alpha value is -4.25. The van der Waals surface area contributed by atoms with Gasteiger partial charge in [0.2, 0.25) is 0 Å². The highest BCUT2D eigenvalue weighted by molar-refractivity contribution is 6.17. The molecule has 0 aliphatic carbocycles. The normalized spacial score (nSPS) is 10.9. The SMILES string of the molecule is C=C(C(=C(c1ccccc1)c1ccccc1)c1ccccc1)c1ccccc1.N[C@@H](CO)C(=O)O. The number of aliphatic hydroxyl groups is 1. The molecule has 0 amide bonds. The van der Waals surface area contributed by atoms with Crippen LogP contribution in [0.5, 0.6) is 0 Å². The molecule has 0 saturated heterocycles. The lowest BCUT2D eigenvalue weighted by Gasteiger charge is -2.19. The van der Waals surface area contributed by atoms with Crippen LogP contribution < -0.4 is 5.73 Å². The predicted molar refractivity (Wildman–Crippen MR) is 143 cm³/mol. The van der Waals surface area contributed by atoms with E-state index < -0.39 is 18.6 Å². The molecule has 0 unspecified atom stereocenters. The predicted octanol–water partition coefficient (Wildman–Crippen LogP) is 5.75. The average Bonchev–Trinajstić information content (AvgIpc) is 2.93. The largest absolute Gasteiger partial charge is 0.480 e. The highest BCUT2D eigenvalue weighted by atomic mass is 16.4. The monoisotopic (exact) mass is 463 g/mol. The summed E-state index contributed by atoms with van der Waals surface area (Å²) in [6, 6.07) is 41.0. The second-order valence-corrected chi connectivity index (χ2v) is 7.82. The lowest BCUT2D eigenvalue weighted by molar-refractivity contribution is -0.139. The van der Waals surface area contributed by atoms with Gasteiger partial charge in [-0.3, -0.25) is 4.79 Å². The number of aliphatic hydroxyl groups excluding tert-OH is 1. The Labute approximate surface area is 206 Å². The molecule has 1 atom stereocenters. The van der Waals surface area contributed by atoms with Crippen molar-refractivity contribution in [1.82, 2.24) is 0 Å². The van der Waals surface area contributed by atoms with E-state index in [4.69, 9.17) is 15.9 Å². The Kier molecular flexibility index (Phi) is 9.31. The van der Waals surface area contributed by atoms with E-state index in [9.17, 15) is 4.79 Å². The number of hydrogen-bond donors (Lipinski definition) is 3. The third-order valence-electron chi connectivity index (χ3n) is 5.38. The van der Waals surface area contributed by atoms with Gasteiger partial charge < -0.3 is 15.9 Å². The Balaban J connectivity index is 0.000000429. The summed E-state index contributed by atoms with van der Waals surface area (Å²) in [5.41, 5.74) is 12.8. The lowest BCUT2D eigenvalue weighted by atomic mass is 9.84. The number of hydrogen-bond acceptors (Lipinski definition) is 3. The van der Waals surface area contributed by atoms with Crippen LogP contribution in [0.2, 0.25) is 0 Å². The van der Waals surface area contributed by atoms with E-state index in [1.807, 2.05) is 6.07 Å². The van der Waals surface area contributed by atoms with Crippen molar-refractivity contribution in [1.29, 1.82) is 0 Å². The molecule has 0 spiro atoms. The summed E-state index contributed by atoms with van der Waals surface area (Å²) in [6.07, 6.45) is 0. The number of benzene rings is 4. The molecule has 0 radical (unpaired) electrons. The van der Waals surface area contributed by atoms with Gasteiger partial charge in [-0.2, -0.15) is 0 Å². The van der Waals surface area contributed by atoms with E-state index in [0.29, 0.717) is 0 Å². The number of rotatable bonds is 7. The zero-order valence-corrected chi connectivity index (χ0v) is 19.4. The lowest BCUT2D eigenvalue weighted by Crippen LogP contribution is -2.33. The quantitative estimate of drug-likeness (QED) is 0.241. The molecule has 0 fully saturated rings. The van der Waals surface area contributed by atoms with Crippen LogP contribution >= 0.6 is 0 Å². The van der Waals surface area contributed by atoms with Crippen LogP contribution in [0.3, 0.4) is 0 Å². The first-order chi connectivity index (χ1) is 17.0. The fourth-order valence-electron chi connectivity index (χ4n) is 3.60. The van der Waals surface area contributed by atoms with Crippen molar-refractivity contribution in [3.8, 4) is 0 Å². The standard InChI is InChI=1S/C28H22.C3H7NO3/c1-22(23-14-6-2-7-15-23)27(24-16-8-3-9-17-24)28(25-18-10-4-11-19-25)26-20-12-5-13-21-26;4-2(1-5)3(6)7/h2-21H,1H2;2,5H,1,4H2,(H,6,7)/t;2-/m.0/s1. The minimum absolute atomic E-state index is 0.505. The molecule has 4 rings (SSSR count). The molecule has 4 nitrogen and oxygen atoms in total. The van der Waals surface area contributed by atoms with E-state index in [0.717, 1.165) is 16.7 Å². The highest BCUT2D eigenvalue weighted by Crippen LogP contribution is 2.39. The summed E-state index contributed by atoms with van der Waals surface area (Å²) in [4.78, 5) is 9.65. The summed E-state index contributed by atoms with van der Waals surface area (Å²) in [5, 5.41) is 15.9. The van der Waals surface area contributed by atoms with Crippen molar-refractivity contribution in [3.63, 3.8) is 0 Å². The molecule has 0 aliphatic rings. The Morgan fingerprint density at radius 3 is 1.31 bits per heavy atom. The minimum Gasteiger partial charge on any atom is -0.480 e. The average molecular weight is 464 g/mol. The Morgan fingerprint density at radius 2 is 1.00 bits per heavy atom. The van der Waals surface area contributed by atoms with Gasteiger partial charge in [-0.05, 0) is 39.0 Å². The van der Waals surface area contributed by atoms with Crippen LogP contribution in [0.1, 0.15) is 22.3 Å². The maximum atomic E-state index is 9.65. The molecule has 0 bridgehead atoms. The number of carbonyl (C=O) groups is 1. The fourth-order valence-corrected chi connectivity index (χ4v) is 3.60. The Bertz CT molecular complexity index is 1210. The number of nitrogens with two attached hydrogens (primary N) is 1. The second kappa shape index (κ2) is 12.8. The molecule has 4 heteroatoms. The molecule has 0 heterocycles. The molecule has 35 heavy (non-hydrogen) atoms. The van der Waals surface area contributed by atoms with Gasteiger partial charge in [0, 0.05) is 0 Å². The molecule has 0 aliphatic heterocycles. The van der Waals surface area contributed by atoms with Crippen molar-refractivity contribution in [2.24, 2.45) is 5.73 Å². The minimum atomic E-state index is -1.18. The number of aliphatic carboxylic acids is 1. The third-order valence-corrected chi connectivity index (χ3v) is 5.38. The van der Waals surface area contributed by atoms with Gasteiger partial charge in [-0.15, -0.1) is 0 Å². The zero-order chi connectivity index (χ0) is 25.0. The summed E-state index contributed by atoms with van der Waals surface area (Å²) in [5.74, 6) is -1.18. The Morgan fingerprint density at radius 1 is 0.657 bits per heavy atom. The van der Waals surface area contributed by atoms with Crippen LogP contribution in [0.4, 0.5) is 0 Å². The van der Waals surface area contributed by atoms with E-state index >= 15 is 0 Å². The van der Waals surface area contributed by atoms with Gasteiger partial charge in [0.1, 0.15) is 6.04 Å². The van der Waals surface area contributed by atoms with Crippen LogP contribution in [0.25, 0.3) is 16.7 Å². The molecular weight excluding hydrogens is 434 g/mol. The van der Waals surface area contributed by atoms with E-state index in [2.05, 4.69) is 122 Å². The van der Waals surface area contributed by atoms with Gasteiger partial charge in [0.25, 0.3) is 0 Å². The summed E-state index contributed by atoms with van der Waals surface area (Å²) in [6.45, 7) is 4.01. The van der Waals surface area contributed by atoms with Gasteiger partial charge >= 0.3 is 5.97 Å². The number of carboxylic acid groups (broad SMARTS) is 1. The van der Waals surface area contributed by atoms with Crippen molar-refractivity contribution in [2.75, 3.05) is 6.61 Å². The first kappa shape index (κ1) is 25.4. The van der Waals surface area contributed by atoms with E-state index in [1.165, 1.54) is 22.3 Å². The third kappa shape index (κ3) is 6.87.